The van der Waals surface area contributed by atoms with Crippen LogP contribution in [0.15, 0.2) is 56.7 Å². The van der Waals surface area contributed by atoms with Gasteiger partial charge >= 0.3 is 10.1 Å². The summed E-state index contributed by atoms with van der Waals surface area (Å²) in [5, 5.41) is 9.90. The van der Waals surface area contributed by atoms with Crippen molar-refractivity contribution in [2.24, 2.45) is 0 Å². The summed E-state index contributed by atoms with van der Waals surface area (Å²) in [5.41, 5.74) is 1.62. The molecular weight excluding hydrogens is 440 g/mol. The van der Waals surface area contributed by atoms with Gasteiger partial charge in [0, 0.05) is 0 Å². The van der Waals surface area contributed by atoms with Crippen molar-refractivity contribution < 1.29 is 17.4 Å². The van der Waals surface area contributed by atoms with E-state index in [0.29, 0.717) is 14.9 Å². The highest BCUT2D eigenvalue weighted by Gasteiger charge is 2.22. The normalized spacial score (nSPS) is 16.0. The van der Waals surface area contributed by atoms with Gasteiger partial charge in [0.25, 0.3) is 5.91 Å². The number of nitrogens with one attached hydrogen (secondary N) is 2. The lowest BCUT2D eigenvalue weighted by molar-refractivity contribution is -0.115. The van der Waals surface area contributed by atoms with E-state index in [2.05, 4.69) is 21.2 Å². The van der Waals surface area contributed by atoms with Crippen molar-refractivity contribution in [1.82, 2.24) is 5.32 Å². The van der Waals surface area contributed by atoms with E-state index < -0.39 is 10.1 Å². The van der Waals surface area contributed by atoms with E-state index >= 15 is 0 Å². The second-order valence-electron chi connectivity index (χ2n) is 5.43. The van der Waals surface area contributed by atoms with Crippen LogP contribution in [0.3, 0.4) is 0 Å². The topological polar surface area (TPSA) is 96.3 Å². The Morgan fingerprint density at radius 2 is 1.88 bits per heavy atom. The molecule has 9 heteroatoms. The van der Waals surface area contributed by atoms with Crippen LogP contribution in [0.2, 0.25) is 0 Å². The van der Waals surface area contributed by atoms with E-state index in [1.807, 2.05) is 6.92 Å². The summed E-state index contributed by atoms with van der Waals surface area (Å²) in [4.78, 5) is 12.1. The van der Waals surface area contributed by atoms with Crippen molar-refractivity contribution in [3.05, 3.63) is 63.0 Å². The Morgan fingerprint density at radius 1 is 1.19 bits per heavy atom. The lowest BCUT2D eigenvalue weighted by Gasteiger charge is -2.09. The minimum Gasteiger partial charge on any atom is -0.378 e. The molecule has 1 aliphatic rings. The number of benzene rings is 2. The van der Waals surface area contributed by atoms with Gasteiger partial charge in [-0.2, -0.15) is 8.42 Å². The number of hydrogen-bond acceptors (Lipinski definition) is 6. The van der Waals surface area contributed by atoms with E-state index in [0.717, 1.165) is 17.3 Å². The van der Waals surface area contributed by atoms with Gasteiger partial charge in [-0.15, -0.1) is 0 Å². The summed E-state index contributed by atoms with van der Waals surface area (Å²) in [6.45, 7) is 1.87. The Kier molecular flexibility index (Phi) is 5.22. The third kappa shape index (κ3) is 4.17. The minimum atomic E-state index is -3.95. The lowest BCUT2D eigenvalue weighted by Crippen LogP contribution is -2.18. The first kappa shape index (κ1) is 18.7. The van der Waals surface area contributed by atoms with Crippen molar-refractivity contribution in [3.8, 4) is 5.75 Å². The maximum absolute atomic E-state index is 12.4. The first-order chi connectivity index (χ1) is 12.2. The SMILES string of the molecule is Cc1ccc(S(=O)(=O)Oc2ccc(/C=C3\SC(=N)NC3=O)cc2Br)cc1. The lowest BCUT2D eigenvalue weighted by atomic mass is 10.2. The minimum absolute atomic E-state index is 0.0683. The van der Waals surface area contributed by atoms with Crippen LogP contribution in [-0.2, 0) is 14.9 Å². The quantitative estimate of drug-likeness (QED) is 0.544. The van der Waals surface area contributed by atoms with Gasteiger partial charge in [0.15, 0.2) is 10.9 Å². The predicted molar refractivity (Wildman–Crippen MR) is 105 cm³/mol. The van der Waals surface area contributed by atoms with E-state index in [9.17, 15) is 13.2 Å². The summed E-state index contributed by atoms with van der Waals surface area (Å²) < 4.78 is 30.4. The molecule has 2 N–H and O–H groups in total. The zero-order valence-corrected chi connectivity index (χ0v) is 16.7. The molecule has 0 atom stereocenters. The van der Waals surface area contributed by atoms with Crippen molar-refractivity contribution in [2.45, 2.75) is 11.8 Å². The highest BCUT2D eigenvalue weighted by molar-refractivity contribution is 9.10. The molecule has 0 unspecified atom stereocenters. The maximum Gasteiger partial charge on any atom is 0.339 e. The van der Waals surface area contributed by atoms with Gasteiger partial charge in [0.2, 0.25) is 0 Å². The molecule has 0 spiro atoms. The molecule has 1 aliphatic heterocycles. The van der Waals surface area contributed by atoms with Gasteiger partial charge in [0.05, 0.1) is 9.38 Å². The zero-order chi connectivity index (χ0) is 18.9. The van der Waals surface area contributed by atoms with Crippen molar-refractivity contribution in [3.63, 3.8) is 0 Å². The van der Waals surface area contributed by atoms with Crippen LogP contribution in [0.1, 0.15) is 11.1 Å². The Labute approximate surface area is 163 Å². The van der Waals surface area contributed by atoms with Gasteiger partial charge in [-0.1, -0.05) is 23.8 Å². The second-order valence-corrected chi connectivity index (χ2v) is 8.89. The molecule has 1 heterocycles. The van der Waals surface area contributed by atoms with Gasteiger partial charge < -0.3 is 9.50 Å². The zero-order valence-electron chi connectivity index (χ0n) is 13.4. The van der Waals surface area contributed by atoms with Gasteiger partial charge in [0.1, 0.15) is 4.90 Å². The highest BCUT2D eigenvalue weighted by atomic mass is 79.9. The first-order valence-electron chi connectivity index (χ1n) is 7.35. The van der Waals surface area contributed by atoms with Crippen LogP contribution >= 0.6 is 27.7 Å². The van der Waals surface area contributed by atoms with E-state index in [1.165, 1.54) is 18.2 Å². The average Bonchev–Trinajstić information content (AvgIpc) is 2.88. The van der Waals surface area contributed by atoms with Gasteiger partial charge in [-0.25, -0.2) is 0 Å². The molecule has 0 aromatic heterocycles. The first-order valence-corrected chi connectivity index (χ1v) is 10.4. The molecule has 26 heavy (non-hydrogen) atoms. The van der Waals surface area contributed by atoms with Crippen LogP contribution in [0.25, 0.3) is 6.08 Å². The summed E-state index contributed by atoms with van der Waals surface area (Å²) >= 11 is 4.32. The molecule has 6 nitrogen and oxygen atoms in total. The summed E-state index contributed by atoms with van der Waals surface area (Å²) in [6.07, 6.45) is 1.62. The number of amidine groups is 1. The molecule has 1 amide bonds. The fourth-order valence-electron chi connectivity index (χ4n) is 2.14. The molecule has 134 valence electrons. The molecule has 2 aromatic rings. The Hall–Kier alpha value is -2.10. The van der Waals surface area contributed by atoms with Crippen LogP contribution in [0.4, 0.5) is 0 Å². The standard InChI is InChI=1S/C17H13BrN2O4S2/c1-10-2-5-12(6-3-10)26(22,23)24-14-7-4-11(8-13(14)18)9-15-16(21)20-17(19)25-15/h2-9H,1H3,(H2,19,20,21)/b15-9-. The van der Waals surface area contributed by atoms with Crippen LogP contribution in [0.5, 0.6) is 5.75 Å². The van der Waals surface area contributed by atoms with E-state index in [1.54, 1.807) is 30.3 Å². The molecule has 0 saturated carbocycles. The Bertz CT molecular complexity index is 1030. The number of halogens is 1. The summed E-state index contributed by atoms with van der Waals surface area (Å²) in [7, 11) is -3.95. The molecule has 0 aliphatic carbocycles. The summed E-state index contributed by atoms with van der Waals surface area (Å²) in [5.74, 6) is -0.192. The number of rotatable bonds is 4. The third-order valence-corrected chi connectivity index (χ3v) is 6.12. The molecule has 2 aromatic carbocycles. The van der Waals surface area contributed by atoms with Crippen molar-refractivity contribution >= 4 is 55.0 Å². The fraction of sp³-hybridized carbons (Fsp3) is 0.0588. The molecule has 1 saturated heterocycles. The van der Waals surface area contributed by atoms with Crippen LogP contribution in [0, 0.1) is 12.3 Å². The van der Waals surface area contributed by atoms with Gasteiger partial charge in [-0.05, 0) is 70.5 Å². The number of aryl methyl sites for hydroxylation is 1. The molecular formula is C17H13BrN2O4S2. The van der Waals surface area contributed by atoms with Crippen LogP contribution in [-0.4, -0.2) is 19.5 Å². The highest BCUT2D eigenvalue weighted by Crippen LogP contribution is 2.31. The van der Waals surface area contributed by atoms with Crippen molar-refractivity contribution in [2.75, 3.05) is 0 Å². The fourth-order valence-corrected chi connectivity index (χ4v) is 4.37. The number of hydrogen-bond donors (Lipinski definition) is 2. The third-order valence-electron chi connectivity index (χ3n) is 3.43. The number of thioether (sulfide) groups is 1. The monoisotopic (exact) mass is 452 g/mol. The number of amides is 1. The largest absolute Gasteiger partial charge is 0.378 e. The van der Waals surface area contributed by atoms with Crippen molar-refractivity contribution in [1.29, 1.82) is 5.41 Å². The average molecular weight is 453 g/mol. The van der Waals surface area contributed by atoms with E-state index in [4.69, 9.17) is 9.59 Å². The molecule has 0 bridgehead atoms. The Balaban J connectivity index is 1.84. The number of carbonyl (C=O) groups excluding carboxylic acids is 1. The second kappa shape index (κ2) is 7.26. The predicted octanol–water partition coefficient (Wildman–Crippen LogP) is 3.66. The smallest absolute Gasteiger partial charge is 0.339 e. The van der Waals surface area contributed by atoms with Gasteiger partial charge in [-0.3, -0.25) is 10.2 Å². The number of carbonyl (C=O) groups is 1. The van der Waals surface area contributed by atoms with Crippen LogP contribution < -0.4 is 9.50 Å². The Morgan fingerprint density at radius 3 is 2.46 bits per heavy atom. The molecule has 0 radical (unpaired) electrons. The van der Waals surface area contributed by atoms with E-state index in [-0.39, 0.29) is 21.7 Å². The molecule has 3 rings (SSSR count). The maximum atomic E-state index is 12.4. The molecule has 1 fully saturated rings. The summed E-state index contributed by atoms with van der Waals surface area (Å²) in [6, 6.07) is 11.1.